The number of piperidine rings is 1. The van der Waals surface area contributed by atoms with Crippen molar-refractivity contribution in [3.8, 4) is 0 Å². The van der Waals surface area contributed by atoms with Gasteiger partial charge in [-0.3, -0.25) is 9.69 Å². The molecule has 0 bridgehead atoms. The van der Waals surface area contributed by atoms with Crippen LogP contribution in [0.25, 0.3) is 0 Å². The molecule has 2 aliphatic heterocycles. The van der Waals surface area contributed by atoms with Gasteiger partial charge in [0.1, 0.15) is 0 Å². The molecule has 0 radical (unpaired) electrons. The fourth-order valence-corrected chi connectivity index (χ4v) is 2.30. The van der Waals surface area contributed by atoms with Crippen molar-refractivity contribution in [2.75, 3.05) is 26.3 Å². The van der Waals surface area contributed by atoms with Crippen LogP contribution in [0.15, 0.2) is 0 Å². The average molecular weight is 185 g/mol. The summed E-state index contributed by atoms with van der Waals surface area (Å²) in [5, 5.41) is 8.99. The summed E-state index contributed by atoms with van der Waals surface area (Å²) in [5.74, 6) is -0.880. The summed E-state index contributed by atoms with van der Waals surface area (Å²) in [7, 11) is 0. The summed E-state index contributed by atoms with van der Waals surface area (Å²) < 4.78 is 5.31. The smallest absolute Gasteiger partial charge is 0.308 e. The second-order valence-corrected chi connectivity index (χ2v) is 3.77. The van der Waals surface area contributed by atoms with Gasteiger partial charge >= 0.3 is 5.97 Å². The highest BCUT2D eigenvalue weighted by Gasteiger charge is 2.37. The molecule has 2 unspecified atom stereocenters. The maximum Gasteiger partial charge on any atom is 0.308 e. The Hall–Kier alpha value is -0.610. The monoisotopic (exact) mass is 185 g/mol. The Morgan fingerprint density at radius 1 is 1.46 bits per heavy atom. The minimum atomic E-state index is -0.666. The highest BCUT2D eigenvalue weighted by molar-refractivity contribution is 5.71. The van der Waals surface area contributed by atoms with Gasteiger partial charge in [-0.25, -0.2) is 0 Å². The van der Waals surface area contributed by atoms with E-state index in [1.165, 1.54) is 0 Å². The van der Waals surface area contributed by atoms with Crippen LogP contribution >= 0.6 is 0 Å². The number of hydrogen-bond acceptors (Lipinski definition) is 3. The number of morpholine rings is 1. The molecule has 2 heterocycles. The largest absolute Gasteiger partial charge is 0.481 e. The number of rotatable bonds is 1. The standard InChI is InChI=1S/C9H15NO3/c11-9(12)7-2-1-3-10-4-5-13-6-8(7)10/h7-8H,1-6H2,(H,11,12). The van der Waals surface area contributed by atoms with Gasteiger partial charge in [-0.1, -0.05) is 0 Å². The summed E-state index contributed by atoms with van der Waals surface area (Å²) >= 11 is 0. The third kappa shape index (κ3) is 1.69. The molecule has 0 aromatic rings. The van der Waals surface area contributed by atoms with E-state index in [1.54, 1.807) is 0 Å². The third-order valence-electron chi connectivity index (χ3n) is 3.02. The molecule has 1 N–H and O–H groups in total. The topological polar surface area (TPSA) is 49.8 Å². The van der Waals surface area contributed by atoms with E-state index in [0.717, 1.165) is 32.5 Å². The van der Waals surface area contributed by atoms with Crippen LogP contribution < -0.4 is 0 Å². The molecule has 0 aromatic carbocycles. The van der Waals surface area contributed by atoms with Gasteiger partial charge in [-0.2, -0.15) is 0 Å². The maximum atomic E-state index is 10.9. The zero-order chi connectivity index (χ0) is 9.26. The van der Waals surface area contributed by atoms with Crippen LogP contribution in [-0.2, 0) is 9.53 Å². The molecule has 74 valence electrons. The quantitative estimate of drug-likeness (QED) is 0.633. The van der Waals surface area contributed by atoms with Gasteiger partial charge in [-0.05, 0) is 19.4 Å². The fraction of sp³-hybridized carbons (Fsp3) is 0.889. The van der Waals surface area contributed by atoms with Gasteiger partial charge in [0.2, 0.25) is 0 Å². The van der Waals surface area contributed by atoms with Crippen molar-refractivity contribution in [2.45, 2.75) is 18.9 Å². The first-order valence-electron chi connectivity index (χ1n) is 4.83. The molecule has 13 heavy (non-hydrogen) atoms. The number of carbonyl (C=O) groups is 1. The van der Waals surface area contributed by atoms with Crippen molar-refractivity contribution in [3.05, 3.63) is 0 Å². The van der Waals surface area contributed by atoms with Crippen LogP contribution in [0.2, 0.25) is 0 Å². The molecule has 0 amide bonds. The molecule has 2 aliphatic rings. The minimum Gasteiger partial charge on any atom is -0.481 e. The van der Waals surface area contributed by atoms with Crippen LogP contribution in [0.1, 0.15) is 12.8 Å². The van der Waals surface area contributed by atoms with Gasteiger partial charge in [0.25, 0.3) is 0 Å². The van der Waals surface area contributed by atoms with Crippen LogP contribution in [0.5, 0.6) is 0 Å². The third-order valence-corrected chi connectivity index (χ3v) is 3.02. The number of carboxylic acids is 1. The van der Waals surface area contributed by atoms with E-state index in [-0.39, 0.29) is 12.0 Å². The number of fused-ring (bicyclic) bond motifs is 1. The van der Waals surface area contributed by atoms with Gasteiger partial charge in [0.15, 0.2) is 0 Å². The first kappa shape index (κ1) is 8.97. The number of ether oxygens (including phenoxy) is 1. The molecular formula is C9H15NO3. The summed E-state index contributed by atoms with van der Waals surface area (Å²) in [6, 6.07) is 0.125. The Bertz CT molecular complexity index is 205. The summed E-state index contributed by atoms with van der Waals surface area (Å²) in [6.07, 6.45) is 1.81. The molecule has 2 rings (SSSR count). The highest BCUT2D eigenvalue weighted by atomic mass is 16.5. The Kier molecular flexibility index (Phi) is 2.51. The van der Waals surface area contributed by atoms with Crippen LogP contribution in [0.3, 0.4) is 0 Å². The van der Waals surface area contributed by atoms with Crippen molar-refractivity contribution in [2.24, 2.45) is 5.92 Å². The predicted molar refractivity (Wildman–Crippen MR) is 46.5 cm³/mol. The fourth-order valence-electron chi connectivity index (χ4n) is 2.30. The molecule has 2 fully saturated rings. The van der Waals surface area contributed by atoms with Gasteiger partial charge in [-0.15, -0.1) is 0 Å². The Balaban J connectivity index is 2.06. The van der Waals surface area contributed by atoms with Gasteiger partial charge in [0.05, 0.1) is 19.1 Å². The lowest BCUT2D eigenvalue weighted by Crippen LogP contribution is -2.54. The predicted octanol–water partition coefficient (Wildman–Crippen LogP) is 0.182. The Morgan fingerprint density at radius 2 is 2.31 bits per heavy atom. The molecule has 0 saturated carbocycles. The van der Waals surface area contributed by atoms with E-state index in [1.807, 2.05) is 0 Å². The normalized spacial score (nSPS) is 35.4. The zero-order valence-electron chi connectivity index (χ0n) is 7.61. The van der Waals surface area contributed by atoms with Crippen molar-refractivity contribution < 1.29 is 14.6 Å². The van der Waals surface area contributed by atoms with Crippen molar-refractivity contribution in [3.63, 3.8) is 0 Å². The highest BCUT2D eigenvalue weighted by Crippen LogP contribution is 2.25. The second-order valence-electron chi connectivity index (χ2n) is 3.77. The van der Waals surface area contributed by atoms with E-state index < -0.39 is 5.97 Å². The van der Waals surface area contributed by atoms with E-state index in [0.29, 0.717) is 6.61 Å². The average Bonchev–Trinajstić information content (AvgIpc) is 2.17. The molecule has 4 heteroatoms. The molecule has 0 aromatic heterocycles. The molecule has 0 aliphatic carbocycles. The Labute approximate surface area is 77.5 Å². The lowest BCUT2D eigenvalue weighted by atomic mass is 9.89. The molecule has 4 nitrogen and oxygen atoms in total. The van der Waals surface area contributed by atoms with Gasteiger partial charge < -0.3 is 9.84 Å². The van der Waals surface area contributed by atoms with E-state index in [9.17, 15) is 4.79 Å². The second kappa shape index (κ2) is 3.64. The number of nitrogens with zero attached hydrogens (tertiary/aromatic N) is 1. The summed E-state index contributed by atoms with van der Waals surface area (Å²) in [4.78, 5) is 13.2. The molecular weight excluding hydrogens is 170 g/mol. The molecule has 0 spiro atoms. The SMILES string of the molecule is O=C(O)C1CCCN2CCOCC12. The molecule has 2 atom stereocenters. The lowest BCUT2D eigenvalue weighted by molar-refractivity contribution is -0.150. The Morgan fingerprint density at radius 3 is 3.08 bits per heavy atom. The van der Waals surface area contributed by atoms with Crippen molar-refractivity contribution in [1.82, 2.24) is 4.90 Å². The zero-order valence-corrected chi connectivity index (χ0v) is 7.61. The first-order valence-corrected chi connectivity index (χ1v) is 4.83. The van der Waals surface area contributed by atoms with E-state index >= 15 is 0 Å². The van der Waals surface area contributed by atoms with Crippen molar-refractivity contribution in [1.29, 1.82) is 0 Å². The minimum absolute atomic E-state index is 0.125. The lowest BCUT2D eigenvalue weighted by Gasteiger charge is -2.42. The summed E-state index contributed by atoms with van der Waals surface area (Å²) in [5.41, 5.74) is 0. The molecule has 2 saturated heterocycles. The van der Waals surface area contributed by atoms with Gasteiger partial charge in [0, 0.05) is 12.6 Å². The number of hydrogen-bond donors (Lipinski definition) is 1. The number of aliphatic carboxylic acids is 1. The van der Waals surface area contributed by atoms with Crippen LogP contribution in [0, 0.1) is 5.92 Å². The maximum absolute atomic E-state index is 10.9. The van der Waals surface area contributed by atoms with Crippen LogP contribution in [-0.4, -0.2) is 48.3 Å². The van der Waals surface area contributed by atoms with Crippen LogP contribution in [0.4, 0.5) is 0 Å². The van der Waals surface area contributed by atoms with Crippen molar-refractivity contribution >= 4 is 5.97 Å². The van der Waals surface area contributed by atoms with E-state index in [2.05, 4.69) is 4.90 Å². The number of carboxylic acid groups (broad SMARTS) is 1. The summed E-state index contributed by atoms with van der Waals surface area (Å²) in [6.45, 7) is 3.28. The first-order chi connectivity index (χ1) is 6.29. The van der Waals surface area contributed by atoms with E-state index in [4.69, 9.17) is 9.84 Å².